The second kappa shape index (κ2) is 8.24. The Kier molecular flexibility index (Phi) is 5.34. The molecule has 0 aliphatic rings. The Balaban J connectivity index is 1.51. The molecule has 0 aliphatic heterocycles. The number of benzene rings is 2. The number of aryl methyl sites for hydroxylation is 1. The number of carbonyl (C=O) groups excluding carboxylic acids is 1. The first-order valence-electron chi connectivity index (χ1n) is 9.62. The van der Waals surface area contributed by atoms with E-state index in [1.165, 1.54) is 9.13 Å². The Hall–Kier alpha value is -3.87. The molecule has 0 bridgehead atoms. The zero-order valence-corrected chi connectivity index (χ0v) is 16.5. The summed E-state index contributed by atoms with van der Waals surface area (Å²) < 4.78 is 8.08. The molecule has 0 saturated heterocycles. The number of furan rings is 1. The van der Waals surface area contributed by atoms with E-state index in [1.54, 1.807) is 37.6 Å². The number of nitrogens with one attached hydrogen (secondary N) is 1. The van der Waals surface area contributed by atoms with Gasteiger partial charge in [0, 0.05) is 25.6 Å². The lowest BCUT2D eigenvalue weighted by Gasteiger charge is -2.13. The summed E-state index contributed by atoms with van der Waals surface area (Å²) in [7, 11) is 1.59. The molecule has 2 aromatic heterocycles. The quantitative estimate of drug-likeness (QED) is 0.501. The van der Waals surface area contributed by atoms with Crippen LogP contribution in [0.5, 0.6) is 0 Å². The van der Waals surface area contributed by atoms with Gasteiger partial charge in [0.05, 0.1) is 23.8 Å². The van der Waals surface area contributed by atoms with Gasteiger partial charge in [-0.2, -0.15) is 0 Å². The zero-order valence-electron chi connectivity index (χ0n) is 16.5. The van der Waals surface area contributed by atoms with E-state index < -0.39 is 11.1 Å². The molecule has 0 radical (unpaired) electrons. The Morgan fingerprint density at radius 2 is 1.67 bits per heavy atom. The molecule has 4 aromatic rings. The van der Waals surface area contributed by atoms with Gasteiger partial charge < -0.3 is 14.3 Å². The highest BCUT2D eigenvalue weighted by atomic mass is 16.3. The van der Waals surface area contributed by atoms with Crippen LogP contribution < -0.4 is 16.4 Å². The molecule has 7 nitrogen and oxygen atoms in total. The van der Waals surface area contributed by atoms with Crippen LogP contribution in [0.3, 0.4) is 0 Å². The fraction of sp³-hybridized carbons (Fsp3) is 0.174. The summed E-state index contributed by atoms with van der Waals surface area (Å²) in [6, 6.07) is 18.0. The van der Waals surface area contributed by atoms with Gasteiger partial charge in [0.2, 0.25) is 0 Å². The number of carbonyl (C=O) groups is 1. The lowest BCUT2D eigenvalue weighted by molar-refractivity contribution is 0.0953. The van der Waals surface area contributed by atoms with Gasteiger partial charge in [-0.1, -0.05) is 24.3 Å². The van der Waals surface area contributed by atoms with Gasteiger partial charge >= 0.3 is 11.1 Å². The summed E-state index contributed by atoms with van der Waals surface area (Å²) in [4.78, 5) is 37.2. The molecule has 30 heavy (non-hydrogen) atoms. The van der Waals surface area contributed by atoms with Gasteiger partial charge in [-0.25, -0.2) is 0 Å². The summed E-state index contributed by atoms with van der Waals surface area (Å²) in [5, 5.41) is 2.86. The molecule has 0 aliphatic carbocycles. The number of rotatable bonds is 6. The number of nitrogens with zero attached hydrogens (tertiary/aromatic N) is 2. The highest BCUT2D eigenvalue weighted by Gasteiger charge is 2.11. The zero-order chi connectivity index (χ0) is 21.1. The summed E-state index contributed by atoms with van der Waals surface area (Å²) in [6.45, 7) is 0.721. The van der Waals surface area contributed by atoms with Gasteiger partial charge in [-0.3, -0.25) is 19.0 Å². The maximum Gasteiger partial charge on any atom is 0.317 e. The van der Waals surface area contributed by atoms with E-state index in [0.29, 0.717) is 29.6 Å². The molecule has 0 saturated carbocycles. The topological polar surface area (TPSA) is 86.2 Å². The van der Waals surface area contributed by atoms with Crippen molar-refractivity contribution in [1.29, 1.82) is 0 Å². The van der Waals surface area contributed by atoms with Crippen molar-refractivity contribution in [2.75, 3.05) is 6.54 Å². The van der Waals surface area contributed by atoms with Crippen molar-refractivity contribution in [3.63, 3.8) is 0 Å². The van der Waals surface area contributed by atoms with Crippen molar-refractivity contribution < 1.29 is 9.21 Å². The van der Waals surface area contributed by atoms with Crippen LogP contribution in [0, 0.1) is 0 Å². The van der Waals surface area contributed by atoms with Gasteiger partial charge in [-0.15, -0.1) is 0 Å². The third-order valence-electron chi connectivity index (χ3n) is 5.06. The highest BCUT2D eigenvalue weighted by molar-refractivity contribution is 5.94. The minimum atomic E-state index is -0.573. The second-order valence-electron chi connectivity index (χ2n) is 7.03. The Labute approximate surface area is 172 Å². The molecule has 0 fully saturated rings. The number of amides is 1. The Morgan fingerprint density at radius 3 is 2.37 bits per heavy atom. The molecule has 7 heteroatoms. The summed E-state index contributed by atoms with van der Waals surface area (Å²) in [5.41, 5.74) is 1.58. The number of para-hydroxylation sites is 2. The minimum absolute atomic E-state index is 0.177. The van der Waals surface area contributed by atoms with Crippen molar-refractivity contribution in [3.8, 4) is 0 Å². The van der Waals surface area contributed by atoms with Gasteiger partial charge in [0.15, 0.2) is 0 Å². The Morgan fingerprint density at radius 1 is 0.933 bits per heavy atom. The number of fused-ring (bicyclic) bond motifs is 1. The van der Waals surface area contributed by atoms with Crippen LogP contribution in [0.4, 0.5) is 0 Å². The monoisotopic (exact) mass is 403 g/mol. The van der Waals surface area contributed by atoms with Crippen LogP contribution in [0.2, 0.25) is 0 Å². The molecular formula is C23H21N3O4. The number of hydrogen-bond donors (Lipinski definition) is 1. The Bertz CT molecular complexity index is 1300. The van der Waals surface area contributed by atoms with E-state index in [0.717, 1.165) is 11.3 Å². The van der Waals surface area contributed by atoms with E-state index in [-0.39, 0.29) is 12.5 Å². The van der Waals surface area contributed by atoms with Crippen molar-refractivity contribution in [2.24, 2.45) is 7.05 Å². The summed E-state index contributed by atoms with van der Waals surface area (Å²) in [5.74, 6) is 0.640. The van der Waals surface area contributed by atoms with Gasteiger partial charge in [0.1, 0.15) is 5.76 Å². The van der Waals surface area contributed by atoms with Crippen LogP contribution in [0.1, 0.15) is 21.7 Å². The predicted octanol–water partition coefficient (Wildman–Crippen LogP) is 2.31. The van der Waals surface area contributed by atoms with Crippen LogP contribution in [0.25, 0.3) is 11.0 Å². The standard InChI is InChI=1S/C23H21N3O4/c1-25-19-6-2-3-7-20(19)26(23(29)22(25)28)15-16-8-10-17(11-9-16)21(27)24-13-12-18-5-4-14-30-18/h2-11,14H,12-13,15H2,1H3,(H,24,27). The molecule has 1 N–H and O–H groups in total. The van der Waals surface area contributed by atoms with Gasteiger partial charge in [-0.05, 0) is 42.0 Å². The fourth-order valence-corrected chi connectivity index (χ4v) is 3.41. The van der Waals surface area contributed by atoms with E-state index in [2.05, 4.69) is 5.32 Å². The predicted molar refractivity (Wildman–Crippen MR) is 114 cm³/mol. The number of aromatic nitrogens is 2. The minimum Gasteiger partial charge on any atom is -0.469 e. The third-order valence-corrected chi connectivity index (χ3v) is 5.06. The van der Waals surface area contributed by atoms with Crippen molar-refractivity contribution in [1.82, 2.24) is 14.5 Å². The molecule has 1 amide bonds. The molecule has 2 heterocycles. The second-order valence-corrected chi connectivity index (χ2v) is 7.03. The smallest absolute Gasteiger partial charge is 0.317 e. The maximum absolute atomic E-state index is 12.6. The molecule has 0 spiro atoms. The highest BCUT2D eigenvalue weighted by Crippen LogP contribution is 2.12. The van der Waals surface area contributed by atoms with Crippen LogP contribution in [-0.2, 0) is 20.0 Å². The molecule has 2 aromatic carbocycles. The largest absolute Gasteiger partial charge is 0.469 e. The first-order chi connectivity index (χ1) is 14.5. The summed E-state index contributed by atoms with van der Waals surface area (Å²) in [6.07, 6.45) is 2.22. The molecule has 0 unspecified atom stereocenters. The average molecular weight is 403 g/mol. The third kappa shape index (κ3) is 3.82. The van der Waals surface area contributed by atoms with E-state index >= 15 is 0 Å². The molecular weight excluding hydrogens is 382 g/mol. The SMILES string of the molecule is Cn1c(=O)c(=O)n(Cc2ccc(C(=O)NCCc3ccco3)cc2)c2ccccc21. The lowest BCUT2D eigenvalue weighted by Crippen LogP contribution is -2.40. The summed E-state index contributed by atoms with van der Waals surface area (Å²) >= 11 is 0. The molecule has 0 atom stereocenters. The average Bonchev–Trinajstić information content (AvgIpc) is 3.29. The lowest BCUT2D eigenvalue weighted by atomic mass is 10.1. The molecule has 4 rings (SSSR count). The first kappa shape index (κ1) is 19.4. The van der Waals surface area contributed by atoms with E-state index in [4.69, 9.17) is 4.42 Å². The maximum atomic E-state index is 12.6. The van der Waals surface area contributed by atoms with Crippen LogP contribution in [0.15, 0.2) is 80.9 Å². The van der Waals surface area contributed by atoms with E-state index in [1.807, 2.05) is 36.4 Å². The van der Waals surface area contributed by atoms with Crippen molar-refractivity contribution >= 4 is 16.9 Å². The van der Waals surface area contributed by atoms with E-state index in [9.17, 15) is 14.4 Å². The van der Waals surface area contributed by atoms with Gasteiger partial charge in [0.25, 0.3) is 5.91 Å². The van der Waals surface area contributed by atoms with Crippen LogP contribution >= 0.6 is 0 Å². The molecule has 152 valence electrons. The first-order valence-corrected chi connectivity index (χ1v) is 9.62. The fourth-order valence-electron chi connectivity index (χ4n) is 3.41. The van der Waals surface area contributed by atoms with Crippen molar-refractivity contribution in [2.45, 2.75) is 13.0 Å². The number of hydrogen-bond acceptors (Lipinski definition) is 4. The van der Waals surface area contributed by atoms with Crippen LogP contribution in [-0.4, -0.2) is 21.6 Å². The van der Waals surface area contributed by atoms with Crippen molar-refractivity contribution in [3.05, 3.63) is 105 Å². The normalized spacial score (nSPS) is 11.0.